The van der Waals surface area contributed by atoms with E-state index in [1.54, 1.807) is 0 Å². The number of hydrogen-bond donors (Lipinski definition) is 1. The van der Waals surface area contributed by atoms with E-state index in [-0.39, 0.29) is 0 Å². The van der Waals surface area contributed by atoms with E-state index in [1.165, 1.54) is 45.3 Å². The third kappa shape index (κ3) is 3.48. The van der Waals surface area contributed by atoms with Crippen molar-refractivity contribution in [2.75, 3.05) is 19.6 Å². The number of nitrogens with zero attached hydrogens (tertiary/aromatic N) is 1. The molecule has 106 valence electrons. The summed E-state index contributed by atoms with van der Waals surface area (Å²) in [4.78, 5) is 2.81. The van der Waals surface area contributed by atoms with Gasteiger partial charge in [0.1, 0.15) is 0 Å². The van der Waals surface area contributed by atoms with Crippen LogP contribution < -0.4 is 5.32 Å². The van der Waals surface area contributed by atoms with E-state index in [0.29, 0.717) is 0 Å². The monoisotopic (exact) mass is 252 g/mol. The van der Waals surface area contributed by atoms with Crippen LogP contribution in [0.3, 0.4) is 0 Å². The largest absolute Gasteiger partial charge is 0.313 e. The molecular formula is C16H32N2. The third-order valence-electron chi connectivity index (χ3n) is 5.16. The van der Waals surface area contributed by atoms with Gasteiger partial charge in [0.15, 0.2) is 0 Å². The molecule has 0 aromatic rings. The molecule has 1 saturated carbocycles. The zero-order chi connectivity index (χ0) is 13.1. The highest BCUT2D eigenvalue weighted by atomic mass is 15.2. The Hall–Kier alpha value is -0.0800. The number of rotatable bonds is 3. The summed E-state index contributed by atoms with van der Waals surface area (Å²) in [5, 5.41) is 3.75. The lowest BCUT2D eigenvalue weighted by atomic mass is 9.96. The van der Waals surface area contributed by atoms with Crippen LogP contribution in [-0.2, 0) is 0 Å². The fourth-order valence-corrected chi connectivity index (χ4v) is 3.91. The smallest absolute Gasteiger partial charge is 0.0197 e. The molecule has 2 nitrogen and oxygen atoms in total. The van der Waals surface area contributed by atoms with E-state index in [4.69, 9.17) is 0 Å². The van der Waals surface area contributed by atoms with E-state index in [0.717, 1.165) is 29.8 Å². The van der Waals surface area contributed by atoms with Gasteiger partial charge in [-0.1, -0.05) is 27.7 Å². The highest BCUT2D eigenvalue weighted by Crippen LogP contribution is 2.35. The van der Waals surface area contributed by atoms with Crippen LogP contribution in [0.5, 0.6) is 0 Å². The van der Waals surface area contributed by atoms with Gasteiger partial charge in [0.2, 0.25) is 0 Å². The van der Waals surface area contributed by atoms with Crippen molar-refractivity contribution in [3.05, 3.63) is 0 Å². The minimum atomic E-state index is 0.718. The van der Waals surface area contributed by atoms with Gasteiger partial charge in [-0.2, -0.15) is 0 Å². The van der Waals surface area contributed by atoms with Crippen molar-refractivity contribution in [2.24, 2.45) is 17.8 Å². The second-order valence-corrected chi connectivity index (χ2v) is 7.11. The Morgan fingerprint density at radius 1 is 1.22 bits per heavy atom. The van der Waals surface area contributed by atoms with E-state index >= 15 is 0 Å². The van der Waals surface area contributed by atoms with Crippen molar-refractivity contribution in [3.63, 3.8) is 0 Å². The Balaban J connectivity index is 1.94. The SMILES string of the molecule is CC(C)CC1CN(C2CCC(C)C2C)CCCN1. The van der Waals surface area contributed by atoms with Crippen LogP contribution in [0.4, 0.5) is 0 Å². The topological polar surface area (TPSA) is 15.3 Å². The average molecular weight is 252 g/mol. The Morgan fingerprint density at radius 3 is 2.61 bits per heavy atom. The first-order valence-corrected chi connectivity index (χ1v) is 8.05. The number of hydrogen-bond acceptors (Lipinski definition) is 2. The summed E-state index contributed by atoms with van der Waals surface area (Å²) in [7, 11) is 0. The van der Waals surface area contributed by atoms with Gasteiger partial charge >= 0.3 is 0 Å². The van der Waals surface area contributed by atoms with Gasteiger partial charge in [0, 0.05) is 18.6 Å². The Kier molecular flexibility index (Phi) is 5.08. The molecule has 4 unspecified atom stereocenters. The maximum Gasteiger partial charge on any atom is 0.0197 e. The molecule has 0 aromatic heterocycles. The summed E-state index contributed by atoms with van der Waals surface area (Å²) in [6.45, 7) is 13.4. The molecule has 18 heavy (non-hydrogen) atoms. The van der Waals surface area contributed by atoms with Gasteiger partial charge in [0.25, 0.3) is 0 Å². The summed E-state index contributed by atoms with van der Waals surface area (Å²) < 4.78 is 0. The van der Waals surface area contributed by atoms with Gasteiger partial charge in [-0.15, -0.1) is 0 Å². The van der Waals surface area contributed by atoms with Crippen LogP contribution in [-0.4, -0.2) is 36.6 Å². The summed E-state index contributed by atoms with van der Waals surface area (Å²) in [6, 6.07) is 1.57. The van der Waals surface area contributed by atoms with E-state index in [9.17, 15) is 0 Å². The van der Waals surface area contributed by atoms with Gasteiger partial charge in [-0.25, -0.2) is 0 Å². The molecule has 0 bridgehead atoms. The molecule has 2 fully saturated rings. The molecule has 0 aromatic carbocycles. The predicted molar refractivity (Wildman–Crippen MR) is 78.8 cm³/mol. The Morgan fingerprint density at radius 2 is 2.00 bits per heavy atom. The maximum absolute atomic E-state index is 3.75. The quantitative estimate of drug-likeness (QED) is 0.830. The van der Waals surface area contributed by atoms with Gasteiger partial charge in [-0.05, 0) is 56.5 Å². The predicted octanol–water partition coefficient (Wildman–Crippen LogP) is 3.13. The average Bonchev–Trinajstić information content (AvgIpc) is 2.53. The van der Waals surface area contributed by atoms with Crippen molar-refractivity contribution >= 4 is 0 Å². The zero-order valence-electron chi connectivity index (χ0n) is 12.8. The van der Waals surface area contributed by atoms with Crippen LogP contribution in [0.1, 0.15) is 53.4 Å². The standard InChI is InChI=1S/C16H32N2/c1-12(2)10-15-11-18(9-5-8-17-15)16-7-6-13(3)14(16)4/h12-17H,5-11H2,1-4H3. The minimum absolute atomic E-state index is 0.718. The second kappa shape index (κ2) is 6.38. The zero-order valence-corrected chi connectivity index (χ0v) is 12.8. The van der Waals surface area contributed by atoms with Crippen molar-refractivity contribution in [1.82, 2.24) is 10.2 Å². The van der Waals surface area contributed by atoms with Crippen molar-refractivity contribution in [2.45, 2.75) is 65.5 Å². The first-order chi connectivity index (χ1) is 8.58. The summed E-state index contributed by atoms with van der Waals surface area (Å²) in [6.07, 6.45) is 5.51. The van der Waals surface area contributed by atoms with Crippen LogP contribution in [0.15, 0.2) is 0 Å². The molecule has 1 aliphatic carbocycles. The van der Waals surface area contributed by atoms with Crippen LogP contribution in [0, 0.1) is 17.8 Å². The van der Waals surface area contributed by atoms with E-state index in [2.05, 4.69) is 37.9 Å². The van der Waals surface area contributed by atoms with Gasteiger partial charge < -0.3 is 5.32 Å². The maximum atomic E-state index is 3.75. The summed E-state index contributed by atoms with van der Waals surface area (Å²) in [5.41, 5.74) is 0. The van der Waals surface area contributed by atoms with Gasteiger partial charge in [-0.3, -0.25) is 4.90 Å². The summed E-state index contributed by atoms with van der Waals surface area (Å²) in [5.74, 6) is 2.62. The molecule has 0 amide bonds. The van der Waals surface area contributed by atoms with Crippen molar-refractivity contribution in [1.29, 1.82) is 0 Å². The Labute approximate surface area is 114 Å². The molecule has 1 saturated heterocycles. The third-order valence-corrected chi connectivity index (χ3v) is 5.16. The minimum Gasteiger partial charge on any atom is -0.313 e. The molecular weight excluding hydrogens is 220 g/mol. The van der Waals surface area contributed by atoms with Crippen molar-refractivity contribution < 1.29 is 0 Å². The normalized spacial score (nSPS) is 39.2. The summed E-state index contributed by atoms with van der Waals surface area (Å²) >= 11 is 0. The van der Waals surface area contributed by atoms with E-state index in [1.807, 2.05) is 0 Å². The van der Waals surface area contributed by atoms with E-state index < -0.39 is 0 Å². The van der Waals surface area contributed by atoms with Crippen LogP contribution in [0.25, 0.3) is 0 Å². The lowest BCUT2D eigenvalue weighted by Crippen LogP contribution is -2.44. The molecule has 0 radical (unpaired) electrons. The van der Waals surface area contributed by atoms with Crippen LogP contribution >= 0.6 is 0 Å². The first-order valence-electron chi connectivity index (χ1n) is 8.05. The second-order valence-electron chi connectivity index (χ2n) is 7.11. The van der Waals surface area contributed by atoms with Crippen LogP contribution in [0.2, 0.25) is 0 Å². The molecule has 2 heteroatoms. The highest BCUT2D eigenvalue weighted by molar-refractivity contribution is 4.90. The molecule has 1 heterocycles. The molecule has 2 aliphatic rings. The van der Waals surface area contributed by atoms with Crippen molar-refractivity contribution in [3.8, 4) is 0 Å². The molecule has 1 N–H and O–H groups in total. The molecule has 4 atom stereocenters. The number of nitrogens with one attached hydrogen (secondary N) is 1. The lowest BCUT2D eigenvalue weighted by molar-refractivity contribution is 0.150. The first kappa shape index (κ1) is 14.3. The fourth-order valence-electron chi connectivity index (χ4n) is 3.91. The highest BCUT2D eigenvalue weighted by Gasteiger charge is 2.35. The van der Waals surface area contributed by atoms with Gasteiger partial charge in [0.05, 0.1) is 0 Å². The lowest BCUT2D eigenvalue weighted by Gasteiger charge is -2.33. The molecule has 2 rings (SSSR count). The Bertz CT molecular complexity index is 251. The molecule has 0 spiro atoms. The molecule has 1 aliphatic heterocycles. The fraction of sp³-hybridized carbons (Fsp3) is 1.00.